The first-order chi connectivity index (χ1) is 14.7. The highest BCUT2D eigenvalue weighted by Crippen LogP contribution is 2.50. The SMILES string of the molecule is C=C(C)[C@H]1C[C@H](c2ccc(F)cc2)[C@H](C)O[C@@H]1c1cc(Br)cc(OC)c1OCC(=O)O. The molecule has 7 heteroatoms. The van der Waals surface area contributed by atoms with Gasteiger partial charge in [0.15, 0.2) is 18.1 Å². The zero-order valence-corrected chi connectivity index (χ0v) is 19.3. The van der Waals surface area contributed by atoms with Crippen LogP contribution >= 0.6 is 15.9 Å². The van der Waals surface area contributed by atoms with Crippen LogP contribution in [0, 0.1) is 11.7 Å². The van der Waals surface area contributed by atoms with Crippen molar-refractivity contribution in [3.05, 3.63) is 70.0 Å². The molecule has 1 fully saturated rings. The van der Waals surface area contributed by atoms with E-state index in [9.17, 15) is 9.18 Å². The lowest BCUT2D eigenvalue weighted by atomic mass is 9.76. The second-order valence-corrected chi connectivity index (χ2v) is 8.73. The lowest BCUT2D eigenvalue weighted by molar-refractivity contribution is -0.139. The average molecular weight is 493 g/mol. The van der Waals surface area contributed by atoms with Crippen molar-refractivity contribution < 1.29 is 28.5 Å². The number of aliphatic carboxylic acids is 1. The van der Waals surface area contributed by atoms with Gasteiger partial charge in [-0.1, -0.05) is 40.2 Å². The Hall–Kier alpha value is -2.38. The van der Waals surface area contributed by atoms with Crippen LogP contribution in [0.25, 0.3) is 0 Å². The molecule has 0 unspecified atom stereocenters. The second kappa shape index (κ2) is 9.83. The van der Waals surface area contributed by atoms with Crippen molar-refractivity contribution in [3.8, 4) is 11.5 Å². The first kappa shape index (κ1) is 23.3. The molecular formula is C24H26BrFO5. The second-order valence-electron chi connectivity index (χ2n) is 7.82. The van der Waals surface area contributed by atoms with Gasteiger partial charge in [-0.2, -0.15) is 0 Å². The van der Waals surface area contributed by atoms with E-state index < -0.39 is 18.7 Å². The molecule has 0 spiro atoms. The Balaban J connectivity index is 2.01. The number of carboxylic acid groups (broad SMARTS) is 1. The van der Waals surface area contributed by atoms with E-state index in [1.165, 1.54) is 19.2 Å². The van der Waals surface area contributed by atoms with Crippen molar-refractivity contribution in [2.45, 2.75) is 38.4 Å². The lowest BCUT2D eigenvalue weighted by Gasteiger charge is -2.42. The summed E-state index contributed by atoms with van der Waals surface area (Å²) in [5.74, 6) is -0.584. The van der Waals surface area contributed by atoms with Crippen LogP contribution in [0.5, 0.6) is 11.5 Å². The molecule has 0 saturated carbocycles. The monoisotopic (exact) mass is 492 g/mol. The van der Waals surface area contributed by atoms with Crippen molar-refractivity contribution in [1.82, 2.24) is 0 Å². The van der Waals surface area contributed by atoms with Gasteiger partial charge in [0.05, 0.1) is 19.3 Å². The highest BCUT2D eigenvalue weighted by atomic mass is 79.9. The minimum absolute atomic E-state index is 0.0579. The third-order valence-corrected chi connectivity index (χ3v) is 6.10. The van der Waals surface area contributed by atoms with Crippen LogP contribution in [0.1, 0.15) is 43.4 Å². The molecule has 3 rings (SSSR count). The Morgan fingerprint density at radius 2 is 2.00 bits per heavy atom. The molecule has 2 aromatic carbocycles. The van der Waals surface area contributed by atoms with Crippen LogP contribution in [0.3, 0.4) is 0 Å². The van der Waals surface area contributed by atoms with Gasteiger partial charge in [-0.25, -0.2) is 9.18 Å². The van der Waals surface area contributed by atoms with Gasteiger partial charge in [-0.3, -0.25) is 0 Å². The number of ether oxygens (including phenoxy) is 3. The normalized spacial score (nSPS) is 23.3. The van der Waals surface area contributed by atoms with E-state index in [1.807, 2.05) is 19.9 Å². The van der Waals surface area contributed by atoms with E-state index in [0.717, 1.165) is 22.0 Å². The summed E-state index contributed by atoms with van der Waals surface area (Å²) in [5, 5.41) is 9.11. The zero-order chi connectivity index (χ0) is 22.7. The molecule has 5 nitrogen and oxygen atoms in total. The molecule has 0 radical (unpaired) electrons. The van der Waals surface area contributed by atoms with Crippen molar-refractivity contribution in [3.63, 3.8) is 0 Å². The Morgan fingerprint density at radius 1 is 1.32 bits per heavy atom. The van der Waals surface area contributed by atoms with Gasteiger partial charge < -0.3 is 19.3 Å². The highest BCUT2D eigenvalue weighted by molar-refractivity contribution is 9.10. The molecule has 166 valence electrons. The lowest BCUT2D eigenvalue weighted by Crippen LogP contribution is -2.34. The fraction of sp³-hybridized carbons (Fsp3) is 0.375. The van der Waals surface area contributed by atoms with Crippen LogP contribution in [-0.4, -0.2) is 30.9 Å². The van der Waals surface area contributed by atoms with Gasteiger partial charge >= 0.3 is 5.97 Å². The summed E-state index contributed by atoms with van der Waals surface area (Å²) in [6.45, 7) is 7.61. The van der Waals surface area contributed by atoms with Gasteiger partial charge in [0.25, 0.3) is 0 Å². The number of methoxy groups -OCH3 is 1. The van der Waals surface area contributed by atoms with Crippen LogP contribution < -0.4 is 9.47 Å². The first-order valence-electron chi connectivity index (χ1n) is 9.99. The molecule has 0 aliphatic carbocycles. The molecule has 0 bridgehead atoms. The molecule has 0 aromatic heterocycles. The molecule has 1 heterocycles. The summed E-state index contributed by atoms with van der Waals surface area (Å²) in [6.07, 6.45) is 0.183. The number of benzene rings is 2. The van der Waals surface area contributed by atoms with E-state index in [-0.39, 0.29) is 23.8 Å². The van der Waals surface area contributed by atoms with Crippen LogP contribution in [0.15, 0.2) is 53.0 Å². The number of rotatable bonds is 7. The third kappa shape index (κ3) is 5.28. The predicted octanol–water partition coefficient (Wildman–Crippen LogP) is 5.89. The van der Waals surface area contributed by atoms with Gasteiger partial charge in [0.1, 0.15) is 5.82 Å². The summed E-state index contributed by atoms with van der Waals surface area (Å²) in [4.78, 5) is 11.1. The maximum Gasteiger partial charge on any atom is 0.341 e. The molecule has 0 amide bonds. The molecule has 4 atom stereocenters. The summed E-state index contributed by atoms with van der Waals surface area (Å²) in [7, 11) is 1.50. The summed E-state index contributed by atoms with van der Waals surface area (Å²) in [5.41, 5.74) is 2.64. The summed E-state index contributed by atoms with van der Waals surface area (Å²) >= 11 is 3.50. The first-order valence-corrected chi connectivity index (χ1v) is 10.8. The van der Waals surface area contributed by atoms with Crippen molar-refractivity contribution in [1.29, 1.82) is 0 Å². The molecule has 1 aliphatic rings. The minimum Gasteiger partial charge on any atom is -0.493 e. The van der Waals surface area contributed by atoms with Crippen molar-refractivity contribution >= 4 is 21.9 Å². The average Bonchev–Trinajstić information content (AvgIpc) is 2.72. The Labute approximate surface area is 190 Å². The van der Waals surface area contributed by atoms with E-state index in [4.69, 9.17) is 19.3 Å². The smallest absolute Gasteiger partial charge is 0.341 e. The van der Waals surface area contributed by atoms with E-state index >= 15 is 0 Å². The van der Waals surface area contributed by atoms with Crippen molar-refractivity contribution in [2.24, 2.45) is 5.92 Å². The number of hydrogen-bond acceptors (Lipinski definition) is 4. The van der Waals surface area contributed by atoms with Crippen LogP contribution in [0.4, 0.5) is 4.39 Å². The number of carboxylic acids is 1. The van der Waals surface area contributed by atoms with Crippen LogP contribution in [0.2, 0.25) is 0 Å². The quantitative estimate of drug-likeness (QED) is 0.488. The topological polar surface area (TPSA) is 65.0 Å². The third-order valence-electron chi connectivity index (χ3n) is 5.65. The Kier molecular flexibility index (Phi) is 7.38. The Bertz CT molecular complexity index is 959. The maximum atomic E-state index is 13.4. The van der Waals surface area contributed by atoms with E-state index in [0.29, 0.717) is 17.1 Å². The van der Waals surface area contributed by atoms with Crippen LogP contribution in [-0.2, 0) is 9.53 Å². The summed E-state index contributed by atoms with van der Waals surface area (Å²) < 4.78 is 31.7. The van der Waals surface area contributed by atoms with Crippen molar-refractivity contribution in [2.75, 3.05) is 13.7 Å². The number of hydrogen-bond donors (Lipinski definition) is 1. The number of carbonyl (C=O) groups is 1. The fourth-order valence-corrected chi connectivity index (χ4v) is 4.57. The van der Waals surface area contributed by atoms with Gasteiger partial charge in [0, 0.05) is 21.9 Å². The van der Waals surface area contributed by atoms with E-state index in [2.05, 4.69) is 22.5 Å². The molecule has 2 aromatic rings. The molecule has 1 aliphatic heterocycles. The molecular weight excluding hydrogens is 467 g/mol. The maximum absolute atomic E-state index is 13.4. The Morgan fingerprint density at radius 3 is 2.58 bits per heavy atom. The fourth-order valence-electron chi connectivity index (χ4n) is 4.12. The predicted molar refractivity (Wildman–Crippen MR) is 119 cm³/mol. The standard InChI is InChI=1S/C24H26BrFO5/c1-13(2)18-11-19(15-5-7-17(26)8-6-15)14(3)31-23(18)20-9-16(25)10-21(29-4)24(20)30-12-22(27)28/h5-10,14,18-19,23H,1,11-12H2,2-4H3,(H,27,28)/t14-,18+,19-,23-/m0/s1. The highest BCUT2D eigenvalue weighted by Gasteiger charge is 2.39. The van der Waals surface area contributed by atoms with Gasteiger partial charge in [0.2, 0.25) is 0 Å². The zero-order valence-electron chi connectivity index (χ0n) is 17.7. The summed E-state index contributed by atoms with van der Waals surface area (Å²) in [6, 6.07) is 10.1. The molecule has 31 heavy (non-hydrogen) atoms. The van der Waals surface area contributed by atoms with Gasteiger partial charge in [-0.15, -0.1) is 0 Å². The minimum atomic E-state index is -1.08. The number of halogens is 2. The van der Waals surface area contributed by atoms with Gasteiger partial charge in [-0.05, 0) is 50.1 Å². The molecule has 1 N–H and O–H groups in total. The largest absolute Gasteiger partial charge is 0.493 e. The van der Waals surface area contributed by atoms with E-state index in [1.54, 1.807) is 18.2 Å². The molecule has 1 saturated heterocycles.